The summed E-state index contributed by atoms with van der Waals surface area (Å²) in [6.45, 7) is 4.74. The van der Waals surface area contributed by atoms with Crippen molar-refractivity contribution in [1.82, 2.24) is 9.88 Å². The highest BCUT2D eigenvalue weighted by Gasteiger charge is 2.59. The van der Waals surface area contributed by atoms with Gasteiger partial charge in [-0.3, -0.25) is 14.0 Å². The fraction of sp³-hybridized carbons (Fsp3) is 0.522. The monoisotopic (exact) mass is 480 g/mol. The van der Waals surface area contributed by atoms with Crippen molar-refractivity contribution in [2.45, 2.75) is 32.2 Å². The summed E-state index contributed by atoms with van der Waals surface area (Å²) in [6.07, 6.45) is 0.773. The number of aromatic nitrogens is 1. The molecule has 3 N–H and O–H groups in total. The molecular weight excluding hydrogens is 450 g/mol. The first-order valence-corrected chi connectivity index (χ1v) is 12.7. The van der Waals surface area contributed by atoms with Crippen LogP contribution in [0.25, 0.3) is 11.3 Å². The molecule has 2 fully saturated rings. The van der Waals surface area contributed by atoms with Gasteiger partial charge in [-0.25, -0.2) is 22.4 Å². The van der Waals surface area contributed by atoms with Crippen LogP contribution < -0.4 is 8.61 Å². The number of fused-ring (bicyclic) bond motifs is 1. The lowest BCUT2D eigenvalue weighted by molar-refractivity contribution is 0.101. The van der Waals surface area contributed by atoms with Crippen LogP contribution in [-0.4, -0.2) is 63.3 Å². The van der Waals surface area contributed by atoms with Gasteiger partial charge < -0.3 is 5.11 Å². The number of halogens is 2. The molecule has 180 valence electrons. The average Bonchev–Trinajstić information content (AvgIpc) is 3.08. The van der Waals surface area contributed by atoms with Gasteiger partial charge in [0.2, 0.25) is 0 Å². The van der Waals surface area contributed by atoms with Gasteiger partial charge in [0, 0.05) is 51.2 Å². The van der Waals surface area contributed by atoms with Gasteiger partial charge in [-0.2, -0.15) is 0 Å². The summed E-state index contributed by atoms with van der Waals surface area (Å²) in [5.74, 6) is -2.90. The van der Waals surface area contributed by atoms with Crippen LogP contribution in [0.5, 0.6) is 0 Å². The molecule has 10 heteroatoms. The van der Waals surface area contributed by atoms with Crippen LogP contribution in [0.2, 0.25) is 0 Å². The van der Waals surface area contributed by atoms with E-state index >= 15 is 0 Å². The van der Waals surface area contributed by atoms with E-state index in [-0.39, 0.29) is 19.6 Å². The van der Waals surface area contributed by atoms with Crippen molar-refractivity contribution in [3.8, 4) is 11.3 Å². The predicted octanol–water partition coefficient (Wildman–Crippen LogP) is 4.36. The third kappa shape index (κ3) is 4.08. The van der Waals surface area contributed by atoms with Crippen LogP contribution in [0.4, 0.5) is 20.3 Å². The van der Waals surface area contributed by atoms with E-state index in [0.29, 0.717) is 23.1 Å². The second-order valence-electron chi connectivity index (χ2n) is 9.47. The molecule has 2 aliphatic heterocycles. The summed E-state index contributed by atoms with van der Waals surface area (Å²) in [5, 5.41) is 9.40. The summed E-state index contributed by atoms with van der Waals surface area (Å²) in [7, 11) is -1.90. The number of aryl methyl sites for hydroxylation is 1. The van der Waals surface area contributed by atoms with Crippen molar-refractivity contribution in [3.05, 3.63) is 41.5 Å². The minimum Gasteiger partial charge on any atom is -0.396 e. The summed E-state index contributed by atoms with van der Waals surface area (Å²) >= 11 is 0. The van der Waals surface area contributed by atoms with Crippen LogP contribution in [0.3, 0.4) is 0 Å². The quantitative estimate of drug-likeness (QED) is 0.567. The highest BCUT2D eigenvalue weighted by molar-refractivity contribution is 8.26. The fourth-order valence-electron chi connectivity index (χ4n) is 4.79. The first kappa shape index (κ1) is 22.8. The Balaban J connectivity index is 1.42. The van der Waals surface area contributed by atoms with Gasteiger partial charge in [0.15, 0.2) is 5.82 Å². The number of aliphatic hydroxyl groups excluding tert-OH is 1. The van der Waals surface area contributed by atoms with Gasteiger partial charge in [-0.05, 0) is 66.1 Å². The molecule has 2 aromatic rings. The van der Waals surface area contributed by atoms with Crippen LogP contribution in [0, 0.1) is 18.8 Å². The lowest BCUT2D eigenvalue weighted by Gasteiger charge is -2.41. The minimum absolute atomic E-state index is 0.118. The van der Waals surface area contributed by atoms with Crippen molar-refractivity contribution in [2.24, 2.45) is 11.8 Å². The van der Waals surface area contributed by atoms with Crippen molar-refractivity contribution in [3.63, 3.8) is 0 Å². The van der Waals surface area contributed by atoms with Crippen molar-refractivity contribution < 1.29 is 23.0 Å². The summed E-state index contributed by atoms with van der Waals surface area (Å²) < 4.78 is 51.1. The number of hydrogen-bond donors (Lipinski definition) is 3. The van der Waals surface area contributed by atoms with Gasteiger partial charge in [0.25, 0.3) is 5.92 Å². The van der Waals surface area contributed by atoms with Crippen molar-refractivity contribution >= 4 is 22.5 Å². The maximum absolute atomic E-state index is 13.5. The SMILES string of the molecule is Cc1ccc(CN2CCC(CO)C2)cc1-c1ccc2c(n1)N(C)S(O)(O)N2CC1CC1(F)F. The van der Waals surface area contributed by atoms with Crippen LogP contribution in [-0.2, 0) is 6.54 Å². The Morgan fingerprint density at radius 2 is 1.97 bits per heavy atom. The number of benzene rings is 1. The average molecular weight is 481 g/mol. The molecule has 1 saturated carbocycles. The number of alkyl halides is 2. The maximum atomic E-state index is 13.5. The molecule has 0 amide bonds. The lowest BCUT2D eigenvalue weighted by Crippen LogP contribution is -2.33. The molecule has 0 bridgehead atoms. The number of nitrogens with zero attached hydrogens (tertiary/aromatic N) is 4. The van der Waals surface area contributed by atoms with Crippen LogP contribution in [0.1, 0.15) is 24.0 Å². The van der Waals surface area contributed by atoms with E-state index in [4.69, 9.17) is 4.98 Å². The molecule has 5 rings (SSSR count). The van der Waals surface area contributed by atoms with E-state index in [1.807, 2.05) is 13.0 Å². The van der Waals surface area contributed by atoms with Crippen LogP contribution in [0.15, 0.2) is 30.3 Å². The highest BCUT2D eigenvalue weighted by atomic mass is 32.3. The normalized spacial score (nSPS) is 26.5. The van der Waals surface area contributed by atoms with Crippen molar-refractivity contribution in [1.29, 1.82) is 0 Å². The number of aliphatic hydroxyl groups is 1. The summed E-state index contributed by atoms with van der Waals surface area (Å²) in [5.41, 5.74) is 4.30. The van der Waals surface area contributed by atoms with Gasteiger partial charge in [-0.15, -0.1) is 0 Å². The third-order valence-electron chi connectivity index (χ3n) is 7.04. The molecule has 1 aromatic heterocycles. The first-order chi connectivity index (χ1) is 15.6. The topological polar surface area (TPSA) is 83.3 Å². The van der Waals surface area contributed by atoms with E-state index < -0.39 is 22.8 Å². The largest absolute Gasteiger partial charge is 0.396 e. The van der Waals surface area contributed by atoms with E-state index in [1.54, 1.807) is 6.07 Å². The molecule has 1 saturated heterocycles. The second-order valence-corrected chi connectivity index (χ2v) is 11.4. The van der Waals surface area contributed by atoms with Gasteiger partial charge in [0.1, 0.15) is 5.69 Å². The van der Waals surface area contributed by atoms with E-state index in [1.165, 1.54) is 15.7 Å². The Bertz CT molecular complexity index is 1070. The zero-order chi connectivity index (χ0) is 23.5. The molecule has 7 nitrogen and oxygen atoms in total. The highest BCUT2D eigenvalue weighted by Crippen LogP contribution is 2.62. The lowest BCUT2D eigenvalue weighted by atomic mass is 10.0. The molecule has 0 radical (unpaired) electrons. The molecule has 3 aliphatic rings. The van der Waals surface area contributed by atoms with Crippen LogP contribution >= 0.6 is 11.0 Å². The Morgan fingerprint density at radius 1 is 1.21 bits per heavy atom. The molecule has 1 aromatic carbocycles. The molecule has 33 heavy (non-hydrogen) atoms. The Morgan fingerprint density at radius 3 is 2.64 bits per heavy atom. The Kier molecular flexibility index (Phi) is 5.56. The number of likely N-dealkylation sites (tertiary alicyclic amines) is 1. The number of anilines is 2. The zero-order valence-electron chi connectivity index (χ0n) is 18.8. The number of hydrogen-bond acceptors (Lipinski definition) is 7. The molecule has 1 aliphatic carbocycles. The fourth-order valence-corrected chi connectivity index (χ4v) is 6.24. The maximum Gasteiger partial charge on any atom is 0.253 e. The minimum atomic E-state index is -3.43. The summed E-state index contributed by atoms with van der Waals surface area (Å²) in [6, 6.07) is 9.81. The van der Waals surface area contributed by atoms with Gasteiger partial charge in [0.05, 0.1) is 5.69 Å². The molecule has 3 heterocycles. The third-order valence-corrected chi connectivity index (χ3v) is 8.88. The Hall–Kier alpha value is -1.98. The van der Waals surface area contributed by atoms with E-state index in [0.717, 1.165) is 42.7 Å². The van der Waals surface area contributed by atoms with Gasteiger partial charge in [-0.1, -0.05) is 12.1 Å². The smallest absolute Gasteiger partial charge is 0.253 e. The number of rotatable bonds is 6. The molecule has 0 spiro atoms. The second kappa shape index (κ2) is 8.06. The molecular formula is C23H30F2N4O3S. The zero-order valence-corrected chi connectivity index (χ0v) is 19.6. The predicted molar refractivity (Wildman–Crippen MR) is 127 cm³/mol. The number of pyridine rings is 1. The van der Waals surface area contributed by atoms with E-state index in [9.17, 15) is 23.0 Å². The van der Waals surface area contributed by atoms with Crippen molar-refractivity contribution in [2.75, 3.05) is 41.9 Å². The molecule has 2 unspecified atom stereocenters. The Labute approximate surface area is 194 Å². The first-order valence-electron chi connectivity index (χ1n) is 11.2. The van der Waals surface area contributed by atoms with E-state index in [2.05, 4.69) is 23.1 Å². The summed E-state index contributed by atoms with van der Waals surface area (Å²) in [4.78, 5) is 7.06. The van der Waals surface area contributed by atoms with Gasteiger partial charge >= 0.3 is 0 Å². The standard InChI is InChI=1S/C23H30F2N4O3S/c1-15-3-4-16(11-28-8-7-17(12-28)14-30)9-19(15)20-5-6-21-22(26-20)27(2)33(31,32)29(21)13-18-10-23(18,24)25/h3-6,9,17-18,30-32H,7-8,10-14H2,1-2H3. The molecule has 2 atom stereocenters.